The summed E-state index contributed by atoms with van der Waals surface area (Å²) in [7, 11) is 0. The SMILES string of the molecule is CC[C@](C)(NCC(=O)N[C@@H]1CCCC[C@H]1C)c1nccs1. The summed E-state index contributed by atoms with van der Waals surface area (Å²) in [6, 6.07) is 0.348. The van der Waals surface area contributed by atoms with E-state index in [1.165, 1.54) is 19.3 Å². The van der Waals surface area contributed by atoms with Crippen molar-refractivity contribution in [2.75, 3.05) is 6.54 Å². The summed E-state index contributed by atoms with van der Waals surface area (Å²) < 4.78 is 0. The molecule has 3 atom stereocenters. The van der Waals surface area contributed by atoms with Crippen LogP contribution in [0.5, 0.6) is 0 Å². The molecule has 1 aliphatic rings. The van der Waals surface area contributed by atoms with Gasteiger partial charge in [-0.05, 0) is 32.1 Å². The molecule has 1 aromatic heterocycles. The molecule has 1 saturated carbocycles. The van der Waals surface area contributed by atoms with Crippen LogP contribution < -0.4 is 10.6 Å². The van der Waals surface area contributed by atoms with Crippen LogP contribution in [0.25, 0.3) is 0 Å². The van der Waals surface area contributed by atoms with E-state index >= 15 is 0 Å². The molecule has 0 unspecified atom stereocenters. The molecule has 4 nitrogen and oxygen atoms in total. The second-order valence-corrected chi connectivity index (χ2v) is 7.21. The highest BCUT2D eigenvalue weighted by molar-refractivity contribution is 7.09. The first-order chi connectivity index (χ1) is 10.0. The lowest BCUT2D eigenvalue weighted by Gasteiger charge is -2.31. The summed E-state index contributed by atoms with van der Waals surface area (Å²) in [5, 5.41) is 9.61. The Balaban J connectivity index is 1.85. The predicted molar refractivity (Wildman–Crippen MR) is 87.3 cm³/mol. The maximum Gasteiger partial charge on any atom is 0.234 e. The molecule has 0 aromatic carbocycles. The molecule has 0 spiro atoms. The lowest BCUT2D eigenvalue weighted by molar-refractivity contribution is -0.121. The minimum absolute atomic E-state index is 0.102. The molecule has 0 bridgehead atoms. The Labute approximate surface area is 131 Å². The Bertz CT molecular complexity index is 448. The van der Waals surface area contributed by atoms with Gasteiger partial charge in [-0.1, -0.05) is 26.7 Å². The fourth-order valence-corrected chi connectivity index (χ4v) is 3.76. The Morgan fingerprint density at radius 2 is 2.24 bits per heavy atom. The monoisotopic (exact) mass is 309 g/mol. The topological polar surface area (TPSA) is 54.0 Å². The van der Waals surface area contributed by atoms with Crippen molar-refractivity contribution in [3.8, 4) is 0 Å². The maximum atomic E-state index is 12.2. The van der Waals surface area contributed by atoms with Crippen molar-refractivity contribution in [2.45, 2.75) is 64.5 Å². The Kier molecular flexibility index (Phi) is 5.76. The van der Waals surface area contributed by atoms with Gasteiger partial charge in [0.15, 0.2) is 0 Å². The number of carbonyl (C=O) groups excluding carboxylic acids is 1. The highest BCUT2D eigenvalue weighted by Crippen LogP contribution is 2.26. The van der Waals surface area contributed by atoms with Crippen molar-refractivity contribution in [1.29, 1.82) is 0 Å². The number of carbonyl (C=O) groups is 1. The minimum Gasteiger partial charge on any atom is -0.352 e. The van der Waals surface area contributed by atoms with E-state index in [0.29, 0.717) is 18.5 Å². The second kappa shape index (κ2) is 7.36. The fourth-order valence-electron chi connectivity index (χ4n) is 2.91. The highest BCUT2D eigenvalue weighted by Gasteiger charge is 2.28. The summed E-state index contributed by atoms with van der Waals surface area (Å²) in [6.45, 7) is 6.83. The van der Waals surface area contributed by atoms with Crippen LogP contribution in [-0.2, 0) is 10.3 Å². The van der Waals surface area contributed by atoms with Crippen molar-refractivity contribution in [1.82, 2.24) is 15.6 Å². The third-order valence-corrected chi connectivity index (χ3v) is 5.75. The standard InChI is InChI=1S/C16H27N3OS/c1-4-16(3,15-17-9-10-21-15)18-11-14(20)19-13-8-6-5-7-12(13)2/h9-10,12-13,18H,4-8,11H2,1-3H3,(H,19,20)/t12-,13-,16+/m1/s1. The molecule has 1 aliphatic carbocycles. The van der Waals surface area contributed by atoms with Crippen LogP contribution in [0, 0.1) is 5.92 Å². The van der Waals surface area contributed by atoms with E-state index in [9.17, 15) is 4.79 Å². The van der Waals surface area contributed by atoms with Crippen molar-refractivity contribution >= 4 is 17.2 Å². The van der Waals surface area contributed by atoms with Crippen molar-refractivity contribution in [2.24, 2.45) is 5.92 Å². The fraction of sp³-hybridized carbons (Fsp3) is 0.750. The van der Waals surface area contributed by atoms with Crippen LogP contribution >= 0.6 is 11.3 Å². The van der Waals surface area contributed by atoms with Crippen LogP contribution in [0.15, 0.2) is 11.6 Å². The van der Waals surface area contributed by atoms with E-state index in [1.54, 1.807) is 11.3 Å². The lowest BCUT2D eigenvalue weighted by Crippen LogP contribution is -2.48. The number of hydrogen-bond acceptors (Lipinski definition) is 4. The normalized spacial score (nSPS) is 25.3. The van der Waals surface area contributed by atoms with Gasteiger partial charge >= 0.3 is 0 Å². The highest BCUT2D eigenvalue weighted by atomic mass is 32.1. The maximum absolute atomic E-state index is 12.2. The number of thiazole rings is 1. The predicted octanol–water partition coefficient (Wildman–Crippen LogP) is 3.05. The molecule has 118 valence electrons. The number of aromatic nitrogens is 1. The number of rotatable bonds is 6. The van der Waals surface area contributed by atoms with Gasteiger partial charge in [0.05, 0.1) is 12.1 Å². The van der Waals surface area contributed by atoms with Crippen molar-refractivity contribution in [3.63, 3.8) is 0 Å². The lowest BCUT2D eigenvalue weighted by atomic mass is 9.86. The molecule has 1 amide bonds. The largest absolute Gasteiger partial charge is 0.352 e. The number of hydrogen-bond donors (Lipinski definition) is 2. The van der Waals surface area contributed by atoms with Gasteiger partial charge in [-0.15, -0.1) is 11.3 Å². The molecular weight excluding hydrogens is 282 g/mol. The summed E-state index contributed by atoms with van der Waals surface area (Å²) in [4.78, 5) is 16.6. The Morgan fingerprint density at radius 3 is 2.86 bits per heavy atom. The van der Waals surface area contributed by atoms with E-state index in [-0.39, 0.29) is 11.4 Å². The molecule has 1 fully saturated rings. The molecule has 5 heteroatoms. The zero-order valence-corrected chi connectivity index (χ0v) is 14.1. The molecular formula is C16H27N3OS. The van der Waals surface area contributed by atoms with Gasteiger partial charge in [-0.2, -0.15) is 0 Å². The van der Waals surface area contributed by atoms with Crippen molar-refractivity contribution in [3.05, 3.63) is 16.6 Å². The molecule has 1 aromatic rings. The third kappa shape index (κ3) is 4.27. The van der Waals surface area contributed by atoms with Gasteiger partial charge in [0, 0.05) is 17.6 Å². The summed E-state index contributed by atoms with van der Waals surface area (Å²) >= 11 is 1.64. The number of amides is 1. The van der Waals surface area contributed by atoms with Crippen LogP contribution in [0.2, 0.25) is 0 Å². The molecule has 0 radical (unpaired) electrons. The zero-order chi connectivity index (χ0) is 15.3. The number of nitrogens with one attached hydrogen (secondary N) is 2. The molecule has 2 N–H and O–H groups in total. The van der Waals surface area contributed by atoms with Gasteiger partial charge in [-0.3, -0.25) is 10.1 Å². The summed E-state index contributed by atoms with van der Waals surface area (Å²) in [5.74, 6) is 0.698. The van der Waals surface area contributed by atoms with E-state index < -0.39 is 0 Å². The molecule has 2 rings (SSSR count). The summed E-state index contributed by atoms with van der Waals surface area (Å²) in [6.07, 6.45) is 7.60. The van der Waals surface area contributed by atoms with Gasteiger partial charge in [0.25, 0.3) is 0 Å². The Morgan fingerprint density at radius 1 is 1.48 bits per heavy atom. The van der Waals surface area contributed by atoms with Crippen LogP contribution in [0.4, 0.5) is 0 Å². The third-order valence-electron chi connectivity index (χ3n) is 4.71. The van der Waals surface area contributed by atoms with E-state index in [1.807, 2.05) is 11.6 Å². The van der Waals surface area contributed by atoms with Crippen molar-refractivity contribution < 1.29 is 4.79 Å². The number of nitrogens with zero attached hydrogens (tertiary/aromatic N) is 1. The van der Waals surface area contributed by atoms with Crippen LogP contribution in [0.1, 0.15) is 57.9 Å². The first-order valence-electron chi connectivity index (χ1n) is 7.99. The first-order valence-corrected chi connectivity index (χ1v) is 8.87. The van der Waals surface area contributed by atoms with Gasteiger partial charge in [0.2, 0.25) is 5.91 Å². The Hall–Kier alpha value is -0.940. The van der Waals surface area contributed by atoms with E-state index in [2.05, 4.69) is 36.4 Å². The zero-order valence-electron chi connectivity index (χ0n) is 13.3. The second-order valence-electron chi connectivity index (χ2n) is 6.31. The smallest absolute Gasteiger partial charge is 0.234 e. The molecule has 0 saturated heterocycles. The van der Waals surface area contributed by atoms with E-state index in [0.717, 1.165) is 17.8 Å². The minimum atomic E-state index is -0.219. The van der Waals surface area contributed by atoms with Gasteiger partial charge in [0.1, 0.15) is 5.01 Å². The summed E-state index contributed by atoms with van der Waals surface area (Å²) in [5.41, 5.74) is -0.219. The van der Waals surface area contributed by atoms with E-state index in [4.69, 9.17) is 0 Å². The van der Waals surface area contributed by atoms with Crippen LogP contribution in [0.3, 0.4) is 0 Å². The average Bonchev–Trinajstić information content (AvgIpc) is 3.02. The average molecular weight is 309 g/mol. The van der Waals surface area contributed by atoms with Crippen LogP contribution in [-0.4, -0.2) is 23.5 Å². The quantitative estimate of drug-likeness (QED) is 0.849. The molecule has 0 aliphatic heterocycles. The van der Waals surface area contributed by atoms with Gasteiger partial charge in [-0.25, -0.2) is 4.98 Å². The molecule has 1 heterocycles. The van der Waals surface area contributed by atoms with Gasteiger partial charge < -0.3 is 5.32 Å². The molecule has 21 heavy (non-hydrogen) atoms. The first kappa shape index (κ1) is 16.4.